The summed E-state index contributed by atoms with van der Waals surface area (Å²) in [6.45, 7) is -0.150. The van der Waals surface area contributed by atoms with Crippen molar-refractivity contribution >= 4 is 39.3 Å². The van der Waals surface area contributed by atoms with Crippen LogP contribution in [0.15, 0.2) is 69.9 Å². The number of hydrogen-bond donors (Lipinski definition) is 0. The van der Waals surface area contributed by atoms with Crippen LogP contribution < -0.4 is 5.63 Å². The largest absolute Gasteiger partial charge is 0.457 e. The van der Waals surface area contributed by atoms with Crippen LogP contribution in [0.25, 0.3) is 21.7 Å². The van der Waals surface area contributed by atoms with Crippen molar-refractivity contribution in [1.29, 1.82) is 0 Å². The van der Waals surface area contributed by atoms with E-state index >= 15 is 0 Å². The van der Waals surface area contributed by atoms with Crippen molar-refractivity contribution in [2.45, 2.75) is 6.61 Å². The van der Waals surface area contributed by atoms with E-state index in [1.165, 1.54) is 12.1 Å². The van der Waals surface area contributed by atoms with Crippen molar-refractivity contribution in [3.05, 3.63) is 93.1 Å². The van der Waals surface area contributed by atoms with Crippen molar-refractivity contribution < 1.29 is 18.3 Å². The summed E-state index contributed by atoms with van der Waals surface area (Å²) in [6.07, 6.45) is 0. The topological polar surface area (TPSA) is 56.5 Å². The van der Waals surface area contributed by atoms with Gasteiger partial charge in [0.1, 0.15) is 18.0 Å². The summed E-state index contributed by atoms with van der Waals surface area (Å²) in [4.78, 5) is 24.2. The number of ether oxygens (including phenoxy) is 1. The van der Waals surface area contributed by atoms with E-state index in [1.807, 2.05) is 30.3 Å². The minimum atomic E-state index is -0.707. The van der Waals surface area contributed by atoms with E-state index in [4.69, 9.17) is 20.8 Å². The first kappa shape index (κ1) is 17.2. The molecule has 4 rings (SSSR count). The minimum absolute atomic E-state index is 0.0390. The molecule has 27 heavy (non-hydrogen) atoms. The van der Waals surface area contributed by atoms with E-state index in [-0.39, 0.29) is 17.2 Å². The molecule has 0 radical (unpaired) electrons. The molecule has 6 heteroatoms. The Morgan fingerprint density at radius 2 is 1.89 bits per heavy atom. The molecule has 3 aromatic carbocycles. The molecule has 0 atom stereocenters. The molecule has 4 nitrogen and oxygen atoms in total. The Morgan fingerprint density at radius 1 is 1.07 bits per heavy atom. The fourth-order valence-corrected chi connectivity index (χ4v) is 3.25. The van der Waals surface area contributed by atoms with Crippen LogP contribution >= 0.6 is 11.6 Å². The first-order valence-electron chi connectivity index (χ1n) is 8.09. The van der Waals surface area contributed by atoms with Crippen molar-refractivity contribution in [2.24, 2.45) is 0 Å². The molecular formula is C21H12ClFO4. The first-order chi connectivity index (χ1) is 13.0. The van der Waals surface area contributed by atoms with Crippen LogP contribution in [0.4, 0.5) is 4.39 Å². The Morgan fingerprint density at radius 3 is 2.70 bits per heavy atom. The van der Waals surface area contributed by atoms with Gasteiger partial charge in [0.2, 0.25) is 0 Å². The second-order valence-electron chi connectivity index (χ2n) is 5.95. The van der Waals surface area contributed by atoms with Crippen LogP contribution in [0.2, 0.25) is 5.02 Å². The number of rotatable bonds is 3. The highest BCUT2D eigenvalue weighted by Gasteiger charge is 2.15. The van der Waals surface area contributed by atoms with Gasteiger partial charge in [-0.15, -0.1) is 0 Å². The molecule has 0 spiro atoms. The zero-order chi connectivity index (χ0) is 19.0. The smallest absolute Gasteiger partial charge is 0.339 e. The van der Waals surface area contributed by atoms with Gasteiger partial charge in [0.15, 0.2) is 0 Å². The molecule has 0 N–H and O–H groups in total. The monoisotopic (exact) mass is 382 g/mol. The number of benzene rings is 3. The Kier molecular flexibility index (Phi) is 4.38. The van der Waals surface area contributed by atoms with Crippen LogP contribution in [0, 0.1) is 5.82 Å². The molecule has 0 aliphatic carbocycles. The van der Waals surface area contributed by atoms with Gasteiger partial charge in [0.25, 0.3) is 0 Å². The van der Waals surface area contributed by atoms with Crippen molar-refractivity contribution in [3.8, 4) is 0 Å². The van der Waals surface area contributed by atoms with E-state index in [0.29, 0.717) is 16.5 Å². The van der Waals surface area contributed by atoms with Gasteiger partial charge in [-0.1, -0.05) is 41.9 Å². The maximum atomic E-state index is 13.1. The first-order valence-corrected chi connectivity index (χ1v) is 8.47. The molecule has 0 unspecified atom stereocenters. The van der Waals surface area contributed by atoms with E-state index in [9.17, 15) is 14.0 Å². The molecule has 0 amide bonds. The zero-order valence-corrected chi connectivity index (χ0v) is 14.6. The number of fused-ring (bicyclic) bond motifs is 3. The quantitative estimate of drug-likeness (QED) is 0.281. The third-order valence-corrected chi connectivity index (χ3v) is 4.54. The predicted octanol–water partition coefficient (Wildman–Crippen LogP) is 5.10. The van der Waals surface area contributed by atoms with Crippen molar-refractivity contribution in [2.75, 3.05) is 0 Å². The third kappa shape index (κ3) is 3.29. The molecule has 1 aromatic heterocycles. The average Bonchev–Trinajstić information content (AvgIpc) is 2.65. The highest BCUT2D eigenvalue weighted by molar-refractivity contribution is 6.33. The van der Waals surface area contributed by atoms with E-state index < -0.39 is 17.4 Å². The maximum Gasteiger partial charge on any atom is 0.339 e. The van der Waals surface area contributed by atoms with Gasteiger partial charge in [-0.3, -0.25) is 0 Å². The van der Waals surface area contributed by atoms with Crippen molar-refractivity contribution in [1.82, 2.24) is 0 Å². The molecule has 0 saturated carbocycles. The second-order valence-corrected chi connectivity index (χ2v) is 6.36. The Labute approximate surface area is 157 Å². The molecule has 1 heterocycles. The lowest BCUT2D eigenvalue weighted by Gasteiger charge is -2.10. The number of carbonyl (C=O) groups is 1. The number of hydrogen-bond acceptors (Lipinski definition) is 4. The Hall–Kier alpha value is -3.18. The van der Waals surface area contributed by atoms with Gasteiger partial charge in [-0.2, -0.15) is 0 Å². The lowest BCUT2D eigenvalue weighted by molar-refractivity contribution is 0.0474. The van der Waals surface area contributed by atoms with Gasteiger partial charge in [0, 0.05) is 17.0 Å². The normalized spacial score (nSPS) is 11.0. The summed E-state index contributed by atoms with van der Waals surface area (Å²) in [5.41, 5.74) is 0.440. The predicted molar refractivity (Wildman–Crippen MR) is 101 cm³/mol. The minimum Gasteiger partial charge on any atom is -0.457 e. The molecule has 0 bridgehead atoms. The summed E-state index contributed by atoms with van der Waals surface area (Å²) in [5.74, 6) is -1.25. The summed E-state index contributed by atoms with van der Waals surface area (Å²) < 4.78 is 23.7. The molecule has 0 fully saturated rings. The summed E-state index contributed by atoms with van der Waals surface area (Å²) in [6, 6.07) is 15.9. The lowest BCUT2D eigenvalue weighted by atomic mass is 10.0. The third-order valence-electron chi connectivity index (χ3n) is 4.22. The molecular weight excluding hydrogens is 371 g/mol. The lowest BCUT2D eigenvalue weighted by Crippen LogP contribution is -2.08. The second kappa shape index (κ2) is 6.85. The van der Waals surface area contributed by atoms with Crippen LogP contribution in [0.3, 0.4) is 0 Å². The number of esters is 1. The van der Waals surface area contributed by atoms with Gasteiger partial charge in [0.05, 0.1) is 10.6 Å². The van der Waals surface area contributed by atoms with E-state index in [2.05, 4.69) is 0 Å². The highest BCUT2D eigenvalue weighted by atomic mass is 35.5. The van der Waals surface area contributed by atoms with Gasteiger partial charge < -0.3 is 9.15 Å². The van der Waals surface area contributed by atoms with Gasteiger partial charge in [-0.05, 0) is 35.0 Å². The molecule has 134 valence electrons. The SMILES string of the molecule is O=C(OCc1cc(=O)oc2ccc3ccccc3c12)c1ccc(F)cc1Cl. The van der Waals surface area contributed by atoms with Crippen LogP contribution in [0.1, 0.15) is 15.9 Å². The fraction of sp³-hybridized carbons (Fsp3) is 0.0476. The molecule has 4 aromatic rings. The van der Waals surface area contributed by atoms with E-state index in [0.717, 1.165) is 22.9 Å². The summed E-state index contributed by atoms with van der Waals surface area (Å²) in [5, 5.41) is 2.51. The molecule has 0 aliphatic rings. The Balaban J connectivity index is 1.74. The van der Waals surface area contributed by atoms with Crippen LogP contribution in [-0.2, 0) is 11.3 Å². The average molecular weight is 383 g/mol. The standard InChI is InChI=1S/C21H12ClFO4/c22-17-10-14(23)6-7-16(17)21(25)26-11-13-9-19(24)27-18-8-5-12-3-1-2-4-15(12)20(13)18/h1-10H,11H2. The van der Waals surface area contributed by atoms with Gasteiger partial charge >= 0.3 is 11.6 Å². The van der Waals surface area contributed by atoms with Crippen molar-refractivity contribution in [3.63, 3.8) is 0 Å². The van der Waals surface area contributed by atoms with Gasteiger partial charge in [-0.25, -0.2) is 14.0 Å². The maximum absolute atomic E-state index is 13.1. The number of carbonyl (C=O) groups excluding carboxylic acids is 1. The Bertz CT molecular complexity index is 1250. The fourth-order valence-electron chi connectivity index (χ4n) is 3.01. The van der Waals surface area contributed by atoms with Crippen LogP contribution in [-0.4, -0.2) is 5.97 Å². The highest BCUT2D eigenvalue weighted by Crippen LogP contribution is 2.28. The number of halogens is 2. The molecule has 0 saturated heterocycles. The zero-order valence-electron chi connectivity index (χ0n) is 13.9. The summed E-state index contributed by atoms with van der Waals surface area (Å²) in [7, 11) is 0. The van der Waals surface area contributed by atoms with E-state index in [1.54, 1.807) is 6.07 Å². The van der Waals surface area contributed by atoms with Crippen LogP contribution in [0.5, 0.6) is 0 Å². The summed E-state index contributed by atoms with van der Waals surface area (Å²) >= 11 is 5.90. The molecule has 0 aliphatic heterocycles.